The summed E-state index contributed by atoms with van der Waals surface area (Å²) in [7, 11) is 0. The fourth-order valence-corrected chi connectivity index (χ4v) is 2.18. The molecule has 0 bridgehead atoms. The average molecular weight is 382 g/mol. The number of anilines is 1. The van der Waals surface area contributed by atoms with E-state index in [1.54, 1.807) is 0 Å². The van der Waals surface area contributed by atoms with E-state index in [1.165, 1.54) is 36.5 Å². The number of hydrogen-bond acceptors (Lipinski definition) is 5. The summed E-state index contributed by atoms with van der Waals surface area (Å²) in [5, 5.41) is 12.6. The van der Waals surface area contributed by atoms with Crippen molar-refractivity contribution in [2.75, 3.05) is 4.90 Å². The highest BCUT2D eigenvalue weighted by atomic mass is 19.4. The molecule has 3 rings (SSSR count). The monoisotopic (exact) mass is 382 g/mol. The van der Waals surface area contributed by atoms with Gasteiger partial charge in [-0.15, -0.1) is 0 Å². The zero-order chi connectivity index (χ0) is 19.6. The minimum Gasteiger partial charge on any atom is -0.465 e. The Balaban J connectivity index is 1.80. The van der Waals surface area contributed by atoms with E-state index in [1.807, 2.05) is 0 Å². The highest BCUT2D eigenvalue weighted by molar-refractivity contribution is 5.85. The second-order valence-electron chi connectivity index (χ2n) is 5.31. The molecule has 3 aromatic rings. The Morgan fingerprint density at radius 3 is 2.56 bits per heavy atom. The fraction of sp³-hybridized carbons (Fsp3) is 0.125. The van der Waals surface area contributed by atoms with E-state index < -0.39 is 24.0 Å². The number of amides is 1. The molecule has 0 saturated heterocycles. The Labute approximate surface area is 148 Å². The van der Waals surface area contributed by atoms with E-state index >= 15 is 0 Å². The van der Waals surface area contributed by atoms with Gasteiger partial charge < -0.3 is 9.63 Å². The minimum atomic E-state index is -4.76. The molecule has 11 heteroatoms. The van der Waals surface area contributed by atoms with Crippen molar-refractivity contribution in [1.82, 2.24) is 15.1 Å². The van der Waals surface area contributed by atoms with Gasteiger partial charge in [0.25, 0.3) is 0 Å². The Morgan fingerprint density at radius 2 is 2.00 bits per heavy atom. The molecule has 0 fully saturated rings. The van der Waals surface area contributed by atoms with E-state index in [9.17, 15) is 27.5 Å². The van der Waals surface area contributed by atoms with Crippen molar-refractivity contribution in [3.63, 3.8) is 0 Å². The summed E-state index contributed by atoms with van der Waals surface area (Å²) < 4.78 is 54.9. The molecule has 1 amide bonds. The summed E-state index contributed by atoms with van der Waals surface area (Å²) in [5.41, 5.74) is 0.553. The predicted octanol–water partition coefficient (Wildman–Crippen LogP) is 3.97. The van der Waals surface area contributed by atoms with Crippen molar-refractivity contribution in [2.24, 2.45) is 0 Å². The first-order chi connectivity index (χ1) is 12.7. The van der Waals surface area contributed by atoms with Crippen LogP contribution in [0.2, 0.25) is 0 Å². The van der Waals surface area contributed by atoms with Crippen LogP contribution < -0.4 is 4.90 Å². The van der Waals surface area contributed by atoms with Gasteiger partial charge in [-0.2, -0.15) is 18.2 Å². The minimum absolute atomic E-state index is 0.112. The first-order valence-corrected chi connectivity index (χ1v) is 7.36. The SMILES string of the molecule is O=C(O)N(Cc1ccc(-c2noc(C(F)(F)F)n2)cn1)c1cccc(F)c1. The van der Waals surface area contributed by atoms with Crippen LogP contribution in [0.3, 0.4) is 0 Å². The zero-order valence-electron chi connectivity index (χ0n) is 13.3. The van der Waals surface area contributed by atoms with Gasteiger partial charge >= 0.3 is 18.2 Å². The van der Waals surface area contributed by atoms with Crippen LogP contribution in [0.25, 0.3) is 11.4 Å². The lowest BCUT2D eigenvalue weighted by atomic mass is 10.2. The Morgan fingerprint density at radius 1 is 1.22 bits per heavy atom. The van der Waals surface area contributed by atoms with Crippen LogP contribution in [0, 0.1) is 5.82 Å². The number of carboxylic acid groups (broad SMARTS) is 1. The maximum absolute atomic E-state index is 13.3. The van der Waals surface area contributed by atoms with Crippen molar-refractivity contribution >= 4 is 11.8 Å². The largest absolute Gasteiger partial charge is 0.471 e. The molecule has 0 aliphatic heterocycles. The van der Waals surface area contributed by atoms with Crippen molar-refractivity contribution < 1.29 is 32.0 Å². The number of rotatable bonds is 4. The molecule has 1 aromatic carbocycles. The molecule has 140 valence electrons. The lowest BCUT2D eigenvalue weighted by Crippen LogP contribution is -2.29. The van der Waals surface area contributed by atoms with Crippen molar-refractivity contribution in [3.8, 4) is 11.4 Å². The summed E-state index contributed by atoms with van der Waals surface area (Å²) in [6, 6.07) is 7.79. The van der Waals surface area contributed by atoms with E-state index in [4.69, 9.17) is 0 Å². The number of halogens is 4. The van der Waals surface area contributed by atoms with E-state index in [0.717, 1.165) is 11.0 Å². The number of pyridine rings is 1. The van der Waals surface area contributed by atoms with Gasteiger partial charge in [0.2, 0.25) is 5.82 Å². The number of hydrogen-bond donors (Lipinski definition) is 1. The molecule has 0 radical (unpaired) electrons. The maximum atomic E-state index is 13.3. The highest BCUT2D eigenvalue weighted by Crippen LogP contribution is 2.29. The number of nitrogens with zero attached hydrogens (tertiary/aromatic N) is 4. The smallest absolute Gasteiger partial charge is 0.465 e. The molecule has 0 aliphatic carbocycles. The van der Waals surface area contributed by atoms with E-state index in [0.29, 0.717) is 0 Å². The van der Waals surface area contributed by atoms with Crippen LogP contribution >= 0.6 is 0 Å². The van der Waals surface area contributed by atoms with Crippen molar-refractivity contribution in [3.05, 3.63) is 60.0 Å². The molecule has 2 aromatic heterocycles. The second kappa shape index (κ2) is 7.02. The van der Waals surface area contributed by atoms with Gasteiger partial charge in [0, 0.05) is 11.8 Å². The van der Waals surface area contributed by atoms with Gasteiger partial charge in [-0.25, -0.2) is 9.18 Å². The van der Waals surface area contributed by atoms with Crippen LogP contribution in [0.1, 0.15) is 11.6 Å². The van der Waals surface area contributed by atoms with Gasteiger partial charge in [-0.1, -0.05) is 11.2 Å². The second-order valence-corrected chi connectivity index (χ2v) is 5.31. The Bertz CT molecular complexity index is 957. The maximum Gasteiger partial charge on any atom is 0.471 e. The Hall–Kier alpha value is -3.50. The van der Waals surface area contributed by atoms with E-state index in [-0.39, 0.29) is 29.3 Å². The van der Waals surface area contributed by atoms with Crippen LogP contribution in [-0.2, 0) is 12.7 Å². The molecule has 0 saturated carbocycles. The summed E-state index contributed by atoms with van der Waals surface area (Å²) in [6.07, 6.45) is -4.89. The quantitative estimate of drug-likeness (QED) is 0.687. The molecule has 1 N–H and O–H groups in total. The van der Waals surface area contributed by atoms with Gasteiger partial charge in [0.15, 0.2) is 0 Å². The fourth-order valence-electron chi connectivity index (χ4n) is 2.18. The topological polar surface area (TPSA) is 92.3 Å². The van der Waals surface area contributed by atoms with Crippen LogP contribution in [0.5, 0.6) is 0 Å². The Kier molecular flexibility index (Phi) is 4.75. The summed E-state index contributed by atoms with van der Waals surface area (Å²) in [4.78, 5) is 19.5. The van der Waals surface area contributed by atoms with E-state index in [2.05, 4.69) is 19.6 Å². The number of carbonyl (C=O) groups is 1. The molecular weight excluding hydrogens is 372 g/mol. The highest BCUT2D eigenvalue weighted by Gasteiger charge is 2.38. The normalized spacial score (nSPS) is 11.4. The van der Waals surface area contributed by atoms with Crippen molar-refractivity contribution in [2.45, 2.75) is 12.7 Å². The number of aromatic nitrogens is 3. The summed E-state index contributed by atoms with van der Waals surface area (Å²) in [5.74, 6) is -2.38. The standard InChI is InChI=1S/C16H10F4N4O3/c17-10-2-1-3-12(6-10)24(15(25)26)8-11-5-4-9(7-21-11)13-22-14(27-23-13)16(18,19)20/h1-7H,8H2,(H,25,26). The van der Waals surface area contributed by atoms with Gasteiger partial charge in [0.05, 0.1) is 17.9 Å². The lowest BCUT2D eigenvalue weighted by molar-refractivity contribution is -0.159. The molecule has 0 spiro atoms. The molecule has 0 aliphatic rings. The van der Waals surface area contributed by atoms with Gasteiger partial charge in [-0.05, 0) is 30.3 Å². The molecular formula is C16H10F4N4O3. The number of benzene rings is 1. The zero-order valence-corrected chi connectivity index (χ0v) is 13.3. The lowest BCUT2D eigenvalue weighted by Gasteiger charge is -2.19. The molecule has 2 heterocycles. The van der Waals surface area contributed by atoms with Crippen molar-refractivity contribution in [1.29, 1.82) is 0 Å². The molecule has 0 atom stereocenters. The molecule has 7 nitrogen and oxygen atoms in total. The predicted molar refractivity (Wildman–Crippen MR) is 83.1 cm³/mol. The first-order valence-electron chi connectivity index (χ1n) is 7.36. The third-order valence-electron chi connectivity index (χ3n) is 3.42. The van der Waals surface area contributed by atoms with Crippen LogP contribution in [0.15, 0.2) is 47.1 Å². The van der Waals surface area contributed by atoms with Gasteiger partial charge in [0.1, 0.15) is 5.82 Å². The van der Waals surface area contributed by atoms with Crippen LogP contribution in [0.4, 0.5) is 28.0 Å². The molecule has 0 unspecified atom stereocenters. The first kappa shape index (κ1) is 18.3. The van der Waals surface area contributed by atoms with Gasteiger partial charge in [-0.3, -0.25) is 9.88 Å². The third kappa shape index (κ3) is 4.19. The third-order valence-corrected chi connectivity index (χ3v) is 3.42. The average Bonchev–Trinajstić information content (AvgIpc) is 3.10. The van der Waals surface area contributed by atoms with Crippen LogP contribution in [-0.4, -0.2) is 26.3 Å². The summed E-state index contributed by atoms with van der Waals surface area (Å²) >= 11 is 0. The number of alkyl halides is 3. The molecule has 27 heavy (non-hydrogen) atoms. The summed E-state index contributed by atoms with van der Waals surface area (Å²) in [6.45, 7) is -0.195.